The molecule has 0 atom stereocenters. The predicted octanol–water partition coefficient (Wildman–Crippen LogP) is 6.15. The highest BCUT2D eigenvalue weighted by Gasteiger charge is 2.25. The third-order valence-electron chi connectivity index (χ3n) is 4.78. The largest absolute Gasteiger partial charge is 0.452 e. The number of furan rings is 1. The van der Waals surface area contributed by atoms with Gasteiger partial charge in [0.05, 0.1) is 11.3 Å². The molecule has 0 aliphatic rings. The lowest BCUT2D eigenvalue weighted by molar-refractivity contribution is 0.669. The number of nitrogens with zero attached hydrogens (tertiary/aromatic N) is 1. The van der Waals surface area contributed by atoms with Crippen molar-refractivity contribution in [3.8, 4) is 6.07 Å². The van der Waals surface area contributed by atoms with E-state index in [-0.39, 0.29) is 0 Å². The molecular weight excluding hydrogens is 352 g/mol. The summed E-state index contributed by atoms with van der Waals surface area (Å²) in [5, 5.41) is 15.0. The number of thiol groups is 1. The fraction of sp³-hybridized carbons (Fsp3) is 0.174. The highest BCUT2D eigenvalue weighted by Crippen LogP contribution is 2.65. The average Bonchev–Trinajstić information content (AvgIpc) is 3.00. The van der Waals surface area contributed by atoms with Gasteiger partial charge in [-0.15, -0.1) is 0 Å². The van der Waals surface area contributed by atoms with Crippen molar-refractivity contribution >= 4 is 42.5 Å². The second-order valence-corrected chi connectivity index (χ2v) is 16.4. The summed E-state index contributed by atoms with van der Waals surface area (Å²) < 4.78 is 6.15. The lowest BCUT2D eigenvalue weighted by atomic mass is 10.1. The number of nitrogens with one attached hydrogen (secondary N) is 1. The Bertz CT molecular complexity index is 1210. The van der Waals surface area contributed by atoms with E-state index in [9.17, 15) is 5.26 Å². The molecule has 3 nitrogen and oxygen atoms in total. The Morgan fingerprint density at radius 1 is 0.778 bits per heavy atom. The number of hydrogen-bond donors (Lipinski definition) is 2. The van der Waals surface area contributed by atoms with Crippen LogP contribution in [0, 0.1) is 11.3 Å². The molecule has 0 bridgehead atoms. The van der Waals surface area contributed by atoms with E-state index in [1.807, 2.05) is 30.3 Å². The summed E-state index contributed by atoms with van der Waals surface area (Å²) in [5.74, 6) is 0. The Morgan fingerprint density at radius 3 is 2.11 bits per heavy atom. The van der Waals surface area contributed by atoms with E-state index in [1.54, 1.807) is 6.07 Å². The standard InChI is InChI=1S/C23H24N2OS/c1-27(2,3,4)21-14-6-5-12-19(21)25-20-13-8-11-18-17-10-7-9-16(15-24)22(17)26-23(18)20/h5-14,25,27H,1-4H3. The van der Waals surface area contributed by atoms with E-state index in [0.29, 0.717) is 11.1 Å². The first-order valence-corrected chi connectivity index (χ1v) is 13.0. The molecule has 0 amide bonds. The molecule has 138 valence electrons. The van der Waals surface area contributed by atoms with Gasteiger partial charge in [0.1, 0.15) is 6.07 Å². The normalized spacial score (nSPS) is 13.2. The van der Waals surface area contributed by atoms with Crippen LogP contribution < -0.4 is 5.32 Å². The summed E-state index contributed by atoms with van der Waals surface area (Å²) in [6, 6.07) is 22.5. The quantitative estimate of drug-likeness (QED) is 0.421. The van der Waals surface area contributed by atoms with Crippen LogP contribution in [0.2, 0.25) is 0 Å². The van der Waals surface area contributed by atoms with E-state index in [4.69, 9.17) is 4.42 Å². The molecule has 4 aromatic rings. The molecule has 3 aromatic carbocycles. The van der Waals surface area contributed by atoms with Gasteiger partial charge in [0.15, 0.2) is 11.2 Å². The van der Waals surface area contributed by atoms with Crippen molar-refractivity contribution in [2.45, 2.75) is 4.90 Å². The SMILES string of the molecule is C[SH](C)(C)(C)c1ccccc1Nc1cccc2c1oc1c(C#N)cccc12. The van der Waals surface area contributed by atoms with E-state index in [2.05, 4.69) is 60.7 Å². The highest BCUT2D eigenvalue weighted by atomic mass is 32.3. The van der Waals surface area contributed by atoms with E-state index < -0.39 is 9.16 Å². The molecule has 1 heterocycles. The van der Waals surface area contributed by atoms with Gasteiger partial charge in [0, 0.05) is 16.5 Å². The van der Waals surface area contributed by atoms with Gasteiger partial charge >= 0.3 is 0 Å². The topological polar surface area (TPSA) is 49.0 Å². The van der Waals surface area contributed by atoms with E-state index in [0.717, 1.165) is 27.7 Å². The Labute approximate surface area is 159 Å². The highest BCUT2D eigenvalue weighted by molar-refractivity contribution is 8.47. The van der Waals surface area contributed by atoms with Crippen LogP contribution in [-0.4, -0.2) is 25.0 Å². The zero-order valence-corrected chi connectivity index (χ0v) is 17.0. The molecule has 1 aromatic heterocycles. The lowest BCUT2D eigenvalue weighted by Crippen LogP contribution is -2.12. The summed E-state index contributed by atoms with van der Waals surface area (Å²) in [6.45, 7) is 0. The number of anilines is 2. The molecule has 0 unspecified atom stereocenters. The minimum absolute atomic E-state index is 0.559. The van der Waals surface area contributed by atoms with Gasteiger partial charge in [-0.25, -0.2) is 0 Å². The molecule has 27 heavy (non-hydrogen) atoms. The summed E-state index contributed by atoms with van der Waals surface area (Å²) in [4.78, 5) is 1.36. The van der Waals surface area contributed by atoms with Crippen LogP contribution >= 0.6 is 9.16 Å². The molecule has 0 fully saturated rings. The van der Waals surface area contributed by atoms with Gasteiger partial charge in [-0.2, -0.15) is 5.26 Å². The number of rotatable bonds is 3. The smallest absolute Gasteiger partial charge is 0.158 e. The minimum atomic E-state index is -1.96. The van der Waals surface area contributed by atoms with Gasteiger partial charge in [-0.3, -0.25) is 9.16 Å². The fourth-order valence-corrected chi connectivity index (χ4v) is 5.29. The lowest BCUT2D eigenvalue weighted by Gasteiger charge is -2.48. The van der Waals surface area contributed by atoms with Crippen molar-refractivity contribution in [2.75, 3.05) is 30.3 Å². The van der Waals surface area contributed by atoms with Gasteiger partial charge in [-0.05, 0) is 54.2 Å². The number of para-hydroxylation sites is 3. The molecule has 0 saturated carbocycles. The molecule has 0 aliphatic heterocycles. The summed E-state index contributed by atoms with van der Waals surface area (Å²) in [7, 11) is -1.96. The number of fused-ring (bicyclic) bond motifs is 3. The summed E-state index contributed by atoms with van der Waals surface area (Å²) >= 11 is 0. The van der Waals surface area contributed by atoms with Gasteiger partial charge < -0.3 is 9.73 Å². The minimum Gasteiger partial charge on any atom is -0.452 e. The molecule has 4 rings (SSSR count). The Morgan fingerprint density at radius 2 is 1.41 bits per heavy atom. The molecule has 4 heteroatoms. The van der Waals surface area contributed by atoms with Crippen LogP contribution in [0.15, 0.2) is 70.0 Å². The molecule has 0 spiro atoms. The first kappa shape index (κ1) is 17.5. The molecule has 1 N–H and O–H groups in total. The number of benzene rings is 3. The maximum atomic E-state index is 9.40. The van der Waals surface area contributed by atoms with Gasteiger partial charge in [0.2, 0.25) is 0 Å². The molecule has 0 saturated heterocycles. The zero-order valence-electron chi connectivity index (χ0n) is 16.1. The van der Waals surface area contributed by atoms with E-state index in [1.165, 1.54) is 4.90 Å². The summed E-state index contributed by atoms with van der Waals surface area (Å²) in [6.07, 6.45) is 9.42. The maximum absolute atomic E-state index is 9.40. The number of nitriles is 1. The maximum Gasteiger partial charge on any atom is 0.158 e. The van der Waals surface area contributed by atoms with Crippen molar-refractivity contribution in [2.24, 2.45) is 0 Å². The van der Waals surface area contributed by atoms with Crippen LogP contribution in [-0.2, 0) is 0 Å². The first-order chi connectivity index (χ1) is 12.7. The van der Waals surface area contributed by atoms with Crippen molar-refractivity contribution in [1.82, 2.24) is 0 Å². The molecule has 0 radical (unpaired) electrons. The third kappa shape index (κ3) is 3.05. The Balaban J connectivity index is 1.92. The monoisotopic (exact) mass is 376 g/mol. The first-order valence-electron chi connectivity index (χ1n) is 8.96. The number of hydrogen-bond acceptors (Lipinski definition) is 3. The molecular formula is C23H24N2OS. The van der Waals surface area contributed by atoms with Crippen LogP contribution in [0.4, 0.5) is 11.4 Å². The second-order valence-electron chi connectivity index (χ2n) is 8.80. The van der Waals surface area contributed by atoms with Gasteiger partial charge in [-0.1, -0.05) is 36.4 Å². The Kier molecular flexibility index (Phi) is 3.76. The van der Waals surface area contributed by atoms with Crippen LogP contribution in [0.25, 0.3) is 21.9 Å². The zero-order chi connectivity index (χ0) is 19.3. The van der Waals surface area contributed by atoms with Crippen LogP contribution in [0.3, 0.4) is 0 Å². The van der Waals surface area contributed by atoms with Crippen LogP contribution in [0.1, 0.15) is 5.56 Å². The third-order valence-corrected chi connectivity index (χ3v) is 7.10. The van der Waals surface area contributed by atoms with Crippen molar-refractivity contribution in [1.29, 1.82) is 5.26 Å². The fourth-order valence-electron chi connectivity index (χ4n) is 3.51. The van der Waals surface area contributed by atoms with E-state index >= 15 is 0 Å². The van der Waals surface area contributed by atoms with Crippen LogP contribution in [0.5, 0.6) is 0 Å². The van der Waals surface area contributed by atoms with Crippen molar-refractivity contribution < 1.29 is 4.42 Å². The summed E-state index contributed by atoms with van der Waals surface area (Å²) in [5.41, 5.74) is 4.02. The van der Waals surface area contributed by atoms with Gasteiger partial charge in [0.25, 0.3) is 0 Å². The molecule has 0 aliphatic carbocycles. The predicted molar refractivity (Wildman–Crippen MR) is 119 cm³/mol. The van der Waals surface area contributed by atoms with Crippen molar-refractivity contribution in [3.05, 3.63) is 66.2 Å². The Hall–Kier alpha value is -2.90. The van der Waals surface area contributed by atoms with Crippen molar-refractivity contribution in [3.63, 3.8) is 0 Å². The average molecular weight is 377 g/mol. The second kappa shape index (κ2) is 5.80.